The second-order valence-corrected chi connectivity index (χ2v) is 9.77. The molecule has 0 aliphatic carbocycles. The number of sulfonamides is 1. The standard InChI is InChI=1S/C20H23FN6O3S/c1-12-6-8-15(31(29,30)24-20(3,4)5)11-16(12)19(28)22-18-10-14(7-9-17(18)21)27-13(2)23-25-26-27/h6-11,24H,1-5H3,(H,22,28). The molecule has 0 aliphatic rings. The van der Waals surface area contributed by atoms with Crippen LogP contribution in [0.3, 0.4) is 0 Å². The monoisotopic (exact) mass is 446 g/mol. The molecule has 1 aromatic heterocycles. The molecule has 3 aromatic rings. The molecule has 11 heteroatoms. The summed E-state index contributed by atoms with van der Waals surface area (Å²) in [5.74, 6) is -0.808. The summed E-state index contributed by atoms with van der Waals surface area (Å²) in [7, 11) is -3.84. The molecule has 0 radical (unpaired) electrons. The van der Waals surface area contributed by atoms with Crippen LogP contribution in [0.1, 0.15) is 42.5 Å². The second-order valence-electron chi connectivity index (χ2n) is 8.09. The van der Waals surface area contributed by atoms with E-state index in [0.29, 0.717) is 17.1 Å². The fourth-order valence-corrected chi connectivity index (χ4v) is 4.32. The Balaban J connectivity index is 1.93. The SMILES string of the molecule is Cc1ccc(S(=O)(=O)NC(C)(C)C)cc1C(=O)Nc1cc(-n2nnnc2C)ccc1F. The summed E-state index contributed by atoms with van der Waals surface area (Å²) in [5.41, 5.74) is 0.337. The first-order valence-electron chi connectivity index (χ1n) is 9.38. The average Bonchev–Trinajstić information content (AvgIpc) is 3.07. The van der Waals surface area contributed by atoms with E-state index in [-0.39, 0.29) is 16.1 Å². The van der Waals surface area contributed by atoms with Gasteiger partial charge in [0.05, 0.1) is 16.3 Å². The first-order chi connectivity index (χ1) is 14.4. The third-order valence-electron chi connectivity index (χ3n) is 4.27. The van der Waals surface area contributed by atoms with Gasteiger partial charge in [0.15, 0.2) is 5.82 Å². The zero-order chi connectivity index (χ0) is 23.0. The molecule has 31 heavy (non-hydrogen) atoms. The molecule has 0 saturated carbocycles. The summed E-state index contributed by atoms with van der Waals surface area (Å²) in [5, 5.41) is 13.7. The number of hydrogen-bond donors (Lipinski definition) is 2. The average molecular weight is 447 g/mol. The van der Waals surface area contributed by atoms with Gasteiger partial charge in [-0.2, -0.15) is 4.68 Å². The van der Waals surface area contributed by atoms with Crippen LogP contribution < -0.4 is 10.0 Å². The van der Waals surface area contributed by atoms with E-state index in [1.165, 1.54) is 41.1 Å². The maximum absolute atomic E-state index is 14.4. The van der Waals surface area contributed by atoms with Crippen molar-refractivity contribution in [2.24, 2.45) is 0 Å². The number of nitrogens with one attached hydrogen (secondary N) is 2. The molecule has 2 N–H and O–H groups in total. The van der Waals surface area contributed by atoms with Gasteiger partial charge >= 0.3 is 0 Å². The Hall–Kier alpha value is -3.18. The van der Waals surface area contributed by atoms with Crippen molar-refractivity contribution in [1.29, 1.82) is 0 Å². The Kier molecular flexibility index (Phi) is 5.92. The summed E-state index contributed by atoms with van der Waals surface area (Å²) in [6, 6.07) is 8.28. The number of tetrazole rings is 1. The van der Waals surface area contributed by atoms with Gasteiger partial charge in [-0.1, -0.05) is 6.07 Å². The lowest BCUT2D eigenvalue weighted by Crippen LogP contribution is -2.40. The predicted octanol–water partition coefficient (Wildman–Crippen LogP) is 2.75. The van der Waals surface area contributed by atoms with E-state index < -0.39 is 27.3 Å². The molecule has 0 fully saturated rings. The van der Waals surface area contributed by atoms with Gasteiger partial charge in [-0.25, -0.2) is 17.5 Å². The van der Waals surface area contributed by atoms with Crippen LogP contribution in [0.2, 0.25) is 0 Å². The number of carbonyl (C=O) groups is 1. The minimum absolute atomic E-state index is 0.0586. The lowest BCUT2D eigenvalue weighted by atomic mass is 10.1. The van der Waals surface area contributed by atoms with Crippen molar-refractivity contribution in [3.8, 4) is 5.69 Å². The number of anilines is 1. The van der Waals surface area contributed by atoms with Gasteiger partial charge in [-0.05, 0) is 80.9 Å². The minimum atomic E-state index is -3.84. The van der Waals surface area contributed by atoms with Crippen molar-refractivity contribution >= 4 is 21.6 Å². The molecule has 1 heterocycles. The largest absolute Gasteiger partial charge is 0.319 e. The zero-order valence-corrected chi connectivity index (χ0v) is 18.6. The second kappa shape index (κ2) is 8.16. The van der Waals surface area contributed by atoms with Crippen molar-refractivity contribution in [3.05, 3.63) is 59.2 Å². The fraction of sp³-hybridized carbons (Fsp3) is 0.300. The number of nitrogens with zero attached hydrogens (tertiary/aromatic N) is 4. The normalized spacial score (nSPS) is 12.1. The molecule has 0 spiro atoms. The number of aryl methyl sites for hydroxylation is 2. The molecule has 0 bridgehead atoms. The van der Waals surface area contributed by atoms with E-state index in [2.05, 4.69) is 25.6 Å². The van der Waals surface area contributed by atoms with Crippen molar-refractivity contribution in [2.45, 2.75) is 45.1 Å². The first kappa shape index (κ1) is 22.5. The predicted molar refractivity (Wildman–Crippen MR) is 113 cm³/mol. The fourth-order valence-electron chi connectivity index (χ4n) is 2.88. The van der Waals surface area contributed by atoms with Crippen molar-refractivity contribution in [3.63, 3.8) is 0 Å². The molecular formula is C20H23FN6O3S. The first-order valence-corrected chi connectivity index (χ1v) is 10.9. The third kappa shape index (κ3) is 5.12. The number of amides is 1. The molecule has 0 aliphatic heterocycles. The summed E-state index contributed by atoms with van der Waals surface area (Å²) in [6.07, 6.45) is 0. The maximum Gasteiger partial charge on any atom is 0.256 e. The smallest absolute Gasteiger partial charge is 0.256 e. The van der Waals surface area contributed by atoms with Crippen LogP contribution >= 0.6 is 0 Å². The van der Waals surface area contributed by atoms with Crippen LogP contribution in [0.15, 0.2) is 41.3 Å². The van der Waals surface area contributed by atoms with E-state index >= 15 is 0 Å². The van der Waals surface area contributed by atoms with E-state index in [9.17, 15) is 17.6 Å². The van der Waals surface area contributed by atoms with E-state index in [1.54, 1.807) is 34.6 Å². The highest BCUT2D eigenvalue weighted by Crippen LogP contribution is 2.22. The topological polar surface area (TPSA) is 119 Å². The molecule has 1 amide bonds. The van der Waals surface area contributed by atoms with Gasteiger partial charge in [0, 0.05) is 11.1 Å². The van der Waals surface area contributed by atoms with Crippen molar-refractivity contribution in [2.75, 3.05) is 5.32 Å². The summed E-state index contributed by atoms with van der Waals surface area (Å²) < 4.78 is 43.6. The van der Waals surface area contributed by atoms with Crippen LogP contribution in [0, 0.1) is 19.7 Å². The quantitative estimate of drug-likeness (QED) is 0.622. The van der Waals surface area contributed by atoms with Crippen molar-refractivity contribution < 1.29 is 17.6 Å². The number of carbonyl (C=O) groups excluding carboxylic acids is 1. The lowest BCUT2D eigenvalue weighted by molar-refractivity contribution is 0.102. The van der Waals surface area contributed by atoms with Crippen LogP contribution in [-0.2, 0) is 10.0 Å². The number of benzene rings is 2. The Morgan fingerprint density at radius 1 is 1.10 bits per heavy atom. The maximum atomic E-state index is 14.4. The molecular weight excluding hydrogens is 423 g/mol. The molecule has 2 aromatic carbocycles. The zero-order valence-electron chi connectivity index (χ0n) is 17.8. The molecule has 9 nitrogen and oxygen atoms in total. The molecule has 164 valence electrons. The van der Waals surface area contributed by atoms with Crippen LogP contribution in [0.4, 0.5) is 10.1 Å². The van der Waals surface area contributed by atoms with Crippen LogP contribution in [0.5, 0.6) is 0 Å². The van der Waals surface area contributed by atoms with Gasteiger partial charge in [-0.15, -0.1) is 5.10 Å². The number of halogens is 1. The highest BCUT2D eigenvalue weighted by atomic mass is 32.2. The van der Waals surface area contributed by atoms with Crippen LogP contribution in [-0.4, -0.2) is 40.1 Å². The molecule has 0 saturated heterocycles. The highest BCUT2D eigenvalue weighted by Gasteiger charge is 2.24. The summed E-state index contributed by atoms with van der Waals surface area (Å²) >= 11 is 0. The van der Waals surface area contributed by atoms with Crippen LogP contribution in [0.25, 0.3) is 5.69 Å². The number of rotatable bonds is 5. The number of aromatic nitrogens is 4. The molecule has 3 rings (SSSR count). The van der Waals surface area contributed by atoms with Gasteiger partial charge in [-0.3, -0.25) is 4.79 Å². The van der Waals surface area contributed by atoms with Crippen molar-refractivity contribution in [1.82, 2.24) is 24.9 Å². The third-order valence-corrected chi connectivity index (χ3v) is 6.03. The number of hydrogen-bond acceptors (Lipinski definition) is 6. The summed E-state index contributed by atoms with van der Waals surface area (Å²) in [6.45, 7) is 8.50. The Morgan fingerprint density at radius 2 is 1.81 bits per heavy atom. The van der Waals surface area contributed by atoms with Gasteiger partial charge < -0.3 is 5.32 Å². The lowest BCUT2D eigenvalue weighted by Gasteiger charge is -2.20. The van der Waals surface area contributed by atoms with Gasteiger partial charge in [0.1, 0.15) is 5.82 Å². The minimum Gasteiger partial charge on any atom is -0.319 e. The highest BCUT2D eigenvalue weighted by molar-refractivity contribution is 7.89. The molecule has 0 unspecified atom stereocenters. The molecule has 0 atom stereocenters. The van der Waals surface area contributed by atoms with E-state index in [1.807, 2.05) is 0 Å². The van der Waals surface area contributed by atoms with E-state index in [0.717, 1.165) is 0 Å². The summed E-state index contributed by atoms with van der Waals surface area (Å²) in [4.78, 5) is 12.8. The Bertz CT molecular complexity index is 1250. The Labute approximate surface area is 179 Å². The van der Waals surface area contributed by atoms with E-state index in [4.69, 9.17) is 0 Å². The van der Waals surface area contributed by atoms with Gasteiger partial charge in [0.2, 0.25) is 10.0 Å². The van der Waals surface area contributed by atoms with Gasteiger partial charge in [0.25, 0.3) is 5.91 Å². The Morgan fingerprint density at radius 3 is 2.42 bits per heavy atom.